The second-order valence-corrected chi connectivity index (χ2v) is 7.65. The first kappa shape index (κ1) is 24.3. The third-order valence-corrected chi connectivity index (χ3v) is 4.96. The first-order chi connectivity index (χ1) is 15.8. The Labute approximate surface area is 199 Å². The van der Waals surface area contributed by atoms with Crippen LogP contribution < -0.4 is 10.1 Å². The Hall–Kier alpha value is -3.36. The number of ether oxygens (including phenoxy) is 3. The third kappa shape index (κ3) is 6.34. The predicted molar refractivity (Wildman–Crippen MR) is 124 cm³/mol. The van der Waals surface area contributed by atoms with E-state index < -0.39 is 11.9 Å². The van der Waals surface area contributed by atoms with Crippen LogP contribution in [0.3, 0.4) is 0 Å². The van der Waals surface area contributed by atoms with Crippen molar-refractivity contribution >= 4 is 57.5 Å². The second-order valence-electron chi connectivity index (χ2n) is 6.81. The van der Waals surface area contributed by atoms with Gasteiger partial charge in [0.05, 0.1) is 48.3 Å². The minimum atomic E-state index is -0.573. The number of benzene rings is 2. The number of nitrogens with one attached hydrogen (secondary N) is 1. The number of halogens is 2. The molecule has 0 unspecified atom stereocenters. The van der Waals surface area contributed by atoms with Crippen LogP contribution in [0.15, 0.2) is 42.6 Å². The molecule has 1 aromatic heterocycles. The molecule has 3 aromatic rings. The molecule has 1 N–H and O–H groups in total. The van der Waals surface area contributed by atoms with Crippen molar-refractivity contribution in [1.82, 2.24) is 4.98 Å². The maximum Gasteiger partial charge on any atom is 0.338 e. The molecule has 3 rings (SSSR count). The zero-order valence-electron chi connectivity index (χ0n) is 17.8. The molecule has 0 spiro atoms. The summed E-state index contributed by atoms with van der Waals surface area (Å²) in [6.07, 6.45) is 1.47. The van der Waals surface area contributed by atoms with E-state index in [1.807, 2.05) is 0 Å². The monoisotopic (exact) mass is 490 g/mol. The highest BCUT2D eigenvalue weighted by Gasteiger charge is 2.16. The number of fused-ring (bicyclic) bond motifs is 1. The number of hydrogen-bond donors (Lipinski definition) is 1. The van der Waals surface area contributed by atoms with Crippen LogP contribution in [0, 0.1) is 0 Å². The maximum atomic E-state index is 12.4. The Morgan fingerprint density at radius 1 is 1.09 bits per heavy atom. The molecule has 8 nitrogen and oxygen atoms in total. The van der Waals surface area contributed by atoms with E-state index in [0.29, 0.717) is 38.8 Å². The van der Waals surface area contributed by atoms with E-state index in [9.17, 15) is 14.4 Å². The lowest BCUT2D eigenvalue weighted by atomic mass is 10.1. The largest absolute Gasteiger partial charge is 0.483 e. The average molecular weight is 491 g/mol. The lowest BCUT2D eigenvalue weighted by Gasteiger charge is -2.13. The number of methoxy groups -OCH3 is 1. The van der Waals surface area contributed by atoms with E-state index >= 15 is 0 Å². The molecule has 172 valence electrons. The maximum absolute atomic E-state index is 12.4. The molecule has 0 radical (unpaired) electrons. The minimum absolute atomic E-state index is 0.0412. The Balaban J connectivity index is 1.72. The second kappa shape index (κ2) is 11.0. The molecule has 0 saturated carbocycles. The lowest BCUT2D eigenvalue weighted by molar-refractivity contribution is -0.142. The van der Waals surface area contributed by atoms with Gasteiger partial charge in [0.15, 0.2) is 6.61 Å². The number of nitrogens with zero attached hydrogens (tertiary/aromatic N) is 1. The van der Waals surface area contributed by atoms with Crippen molar-refractivity contribution in [1.29, 1.82) is 0 Å². The molecule has 10 heteroatoms. The molecule has 0 saturated heterocycles. The van der Waals surface area contributed by atoms with E-state index in [-0.39, 0.29) is 30.3 Å². The van der Waals surface area contributed by atoms with Crippen molar-refractivity contribution in [2.75, 3.05) is 25.6 Å². The number of anilines is 1. The normalized spacial score (nSPS) is 10.5. The van der Waals surface area contributed by atoms with Crippen LogP contribution in [-0.4, -0.2) is 43.2 Å². The summed E-state index contributed by atoms with van der Waals surface area (Å²) in [5, 5.41) is 4.42. The van der Waals surface area contributed by atoms with Crippen molar-refractivity contribution in [3.63, 3.8) is 0 Å². The zero-order chi connectivity index (χ0) is 24.0. The average Bonchev–Trinajstić information content (AvgIpc) is 2.77. The summed E-state index contributed by atoms with van der Waals surface area (Å²) in [5.74, 6) is -1.18. The van der Waals surface area contributed by atoms with E-state index in [0.717, 1.165) is 0 Å². The van der Waals surface area contributed by atoms with E-state index in [2.05, 4.69) is 10.3 Å². The van der Waals surface area contributed by atoms with Crippen molar-refractivity contribution < 1.29 is 28.6 Å². The van der Waals surface area contributed by atoms with E-state index in [1.165, 1.54) is 19.4 Å². The van der Waals surface area contributed by atoms with Gasteiger partial charge >= 0.3 is 11.9 Å². The van der Waals surface area contributed by atoms with Crippen LogP contribution in [0.2, 0.25) is 10.0 Å². The van der Waals surface area contributed by atoms with Crippen LogP contribution in [0.1, 0.15) is 23.0 Å². The fourth-order valence-corrected chi connectivity index (χ4v) is 3.65. The molecule has 2 aromatic carbocycles. The highest BCUT2D eigenvalue weighted by molar-refractivity contribution is 6.39. The number of hydrogen-bond acceptors (Lipinski definition) is 7. The minimum Gasteiger partial charge on any atom is -0.483 e. The fraction of sp³-hybridized carbons (Fsp3) is 0.217. The number of esters is 2. The molecule has 1 amide bonds. The van der Waals surface area contributed by atoms with Crippen LogP contribution in [0.4, 0.5) is 5.69 Å². The van der Waals surface area contributed by atoms with Crippen LogP contribution in [-0.2, 0) is 25.5 Å². The topological polar surface area (TPSA) is 104 Å². The molecule has 33 heavy (non-hydrogen) atoms. The number of carbonyl (C=O) groups excluding carboxylic acids is 3. The van der Waals surface area contributed by atoms with Crippen LogP contribution in [0.5, 0.6) is 5.75 Å². The molecule has 0 fully saturated rings. The van der Waals surface area contributed by atoms with Crippen LogP contribution in [0.25, 0.3) is 10.8 Å². The molecular weight excluding hydrogens is 471 g/mol. The molecule has 0 aliphatic carbocycles. The third-order valence-electron chi connectivity index (χ3n) is 4.45. The van der Waals surface area contributed by atoms with E-state index in [4.69, 9.17) is 37.4 Å². The molecule has 1 heterocycles. The number of amides is 1. The van der Waals surface area contributed by atoms with E-state index in [1.54, 1.807) is 37.3 Å². The molecule has 0 atom stereocenters. The van der Waals surface area contributed by atoms with Crippen molar-refractivity contribution in [3.05, 3.63) is 63.9 Å². The fourth-order valence-electron chi connectivity index (χ4n) is 3.04. The number of pyridine rings is 1. The van der Waals surface area contributed by atoms with Gasteiger partial charge in [0.1, 0.15) is 5.75 Å². The predicted octanol–water partition coefficient (Wildman–Crippen LogP) is 4.45. The first-order valence-electron chi connectivity index (χ1n) is 9.85. The van der Waals surface area contributed by atoms with Crippen molar-refractivity contribution in [2.24, 2.45) is 0 Å². The number of aromatic nitrogens is 1. The SMILES string of the molecule is CCOC(=O)Cc1ccc(NC(=O)COc2cc(C(=O)OC)cc3cc(Cl)cc(Cl)c23)cn1. The Morgan fingerprint density at radius 2 is 1.88 bits per heavy atom. The summed E-state index contributed by atoms with van der Waals surface area (Å²) in [4.78, 5) is 40.1. The number of rotatable bonds is 8. The summed E-state index contributed by atoms with van der Waals surface area (Å²) in [6, 6.07) is 9.43. The Morgan fingerprint density at radius 3 is 2.55 bits per heavy atom. The molecular formula is C23H20Cl2N2O6. The lowest BCUT2D eigenvalue weighted by Crippen LogP contribution is -2.20. The standard InChI is InChI=1S/C23H20Cl2N2O6/c1-3-32-21(29)10-16-4-5-17(11-26-16)27-20(28)12-33-19-8-14(23(30)31-2)6-13-7-15(24)9-18(25)22(13)19/h4-9,11H,3,10,12H2,1-2H3,(H,27,28). The van der Waals surface area contributed by atoms with Crippen molar-refractivity contribution in [3.8, 4) is 5.75 Å². The highest BCUT2D eigenvalue weighted by atomic mass is 35.5. The van der Waals surface area contributed by atoms with Gasteiger partial charge in [-0.25, -0.2) is 4.79 Å². The van der Waals surface area contributed by atoms with Gasteiger partial charge in [0.2, 0.25) is 0 Å². The van der Waals surface area contributed by atoms with Gasteiger partial charge in [0.25, 0.3) is 5.91 Å². The highest BCUT2D eigenvalue weighted by Crippen LogP contribution is 2.36. The zero-order valence-corrected chi connectivity index (χ0v) is 19.3. The van der Waals surface area contributed by atoms with Crippen molar-refractivity contribution in [2.45, 2.75) is 13.3 Å². The Kier molecular flexibility index (Phi) is 8.08. The summed E-state index contributed by atoms with van der Waals surface area (Å²) >= 11 is 12.4. The molecule has 0 bridgehead atoms. The van der Waals surface area contributed by atoms with Gasteiger partial charge < -0.3 is 19.5 Å². The summed E-state index contributed by atoms with van der Waals surface area (Å²) < 4.78 is 15.3. The van der Waals surface area contributed by atoms with Gasteiger partial charge in [0, 0.05) is 10.4 Å². The summed E-state index contributed by atoms with van der Waals surface area (Å²) in [5.41, 5.74) is 1.16. The molecule has 0 aliphatic heterocycles. The van der Waals surface area contributed by atoms with Crippen LogP contribution >= 0.6 is 23.2 Å². The van der Waals surface area contributed by atoms with Gasteiger partial charge in [-0.1, -0.05) is 23.2 Å². The van der Waals surface area contributed by atoms with Gasteiger partial charge in [-0.2, -0.15) is 0 Å². The molecule has 0 aliphatic rings. The number of carbonyl (C=O) groups is 3. The smallest absolute Gasteiger partial charge is 0.338 e. The van der Waals surface area contributed by atoms with Gasteiger partial charge in [-0.05, 0) is 48.7 Å². The van der Waals surface area contributed by atoms with Gasteiger partial charge in [-0.3, -0.25) is 14.6 Å². The first-order valence-corrected chi connectivity index (χ1v) is 10.6. The summed E-state index contributed by atoms with van der Waals surface area (Å²) in [6.45, 7) is 1.66. The Bertz CT molecular complexity index is 1200. The summed E-state index contributed by atoms with van der Waals surface area (Å²) in [7, 11) is 1.26. The quantitative estimate of drug-likeness (QED) is 0.465. The van der Waals surface area contributed by atoms with Gasteiger partial charge in [-0.15, -0.1) is 0 Å².